The van der Waals surface area contributed by atoms with Crippen LogP contribution in [0.25, 0.3) is 10.9 Å². The maximum atomic E-state index is 12.1. The van der Waals surface area contributed by atoms with Gasteiger partial charge in [-0.05, 0) is 25.1 Å². The molecule has 0 saturated heterocycles. The van der Waals surface area contributed by atoms with Gasteiger partial charge in [-0.3, -0.25) is 4.99 Å². The van der Waals surface area contributed by atoms with Gasteiger partial charge in [0.05, 0.1) is 6.61 Å². The normalized spacial score (nSPS) is 11.2. The molecule has 1 aromatic heterocycles. The third kappa shape index (κ3) is 2.94. The van der Waals surface area contributed by atoms with Crippen LogP contribution in [-0.4, -0.2) is 28.9 Å². The van der Waals surface area contributed by atoms with Crippen molar-refractivity contribution in [3.05, 3.63) is 59.8 Å². The number of carbonyl (C=O) groups is 1. The number of fused-ring (bicyclic) bond motifs is 1. The zero-order valence-electron chi connectivity index (χ0n) is 12.6. The highest BCUT2D eigenvalue weighted by Crippen LogP contribution is 2.31. The lowest BCUT2D eigenvalue weighted by atomic mass is 10.2. The molecule has 0 saturated carbocycles. The number of benzene rings is 2. The molecular formula is C18H16N2O3. The summed E-state index contributed by atoms with van der Waals surface area (Å²) in [5.74, 6) is -0.318. The fraction of sp³-hybridized carbons (Fsp3) is 0.111. The molecular weight excluding hydrogens is 292 g/mol. The largest absolute Gasteiger partial charge is 0.507 e. The van der Waals surface area contributed by atoms with Crippen LogP contribution in [-0.2, 0) is 4.74 Å². The maximum Gasteiger partial charge on any atom is 0.357 e. The Bertz CT molecular complexity index is 881. The number of aromatic amines is 1. The molecule has 5 heteroatoms. The molecule has 2 N–H and O–H groups in total. The zero-order chi connectivity index (χ0) is 16.2. The molecule has 23 heavy (non-hydrogen) atoms. The molecule has 3 rings (SSSR count). The van der Waals surface area contributed by atoms with E-state index in [2.05, 4.69) is 9.98 Å². The summed E-state index contributed by atoms with van der Waals surface area (Å²) in [6.45, 7) is 2.04. The van der Waals surface area contributed by atoms with Crippen molar-refractivity contribution in [3.8, 4) is 5.75 Å². The number of aliphatic imine (C=N–C) groups is 1. The minimum absolute atomic E-state index is 0.133. The van der Waals surface area contributed by atoms with Crippen LogP contribution in [0.3, 0.4) is 0 Å². The number of nitrogens with one attached hydrogen (secondary N) is 1. The number of aromatic nitrogens is 1. The van der Waals surface area contributed by atoms with Gasteiger partial charge in [0.1, 0.15) is 11.4 Å². The van der Waals surface area contributed by atoms with E-state index < -0.39 is 5.97 Å². The summed E-state index contributed by atoms with van der Waals surface area (Å²) in [5, 5.41) is 10.6. The summed E-state index contributed by atoms with van der Waals surface area (Å²) in [6, 6.07) is 14.4. The van der Waals surface area contributed by atoms with Crippen molar-refractivity contribution in [3.63, 3.8) is 0 Å². The van der Waals surface area contributed by atoms with E-state index in [1.165, 1.54) is 6.21 Å². The molecule has 1 heterocycles. The minimum Gasteiger partial charge on any atom is -0.507 e. The predicted octanol–water partition coefficient (Wildman–Crippen LogP) is 3.80. The smallest absolute Gasteiger partial charge is 0.357 e. The van der Waals surface area contributed by atoms with Crippen LogP contribution in [0.5, 0.6) is 5.75 Å². The van der Waals surface area contributed by atoms with Gasteiger partial charge in [-0.1, -0.05) is 30.3 Å². The SMILES string of the molecule is CCOC(=O)c1[nH]c2ccccc2c1N=Cc1ccccc1O. The average molecular weight is 308 g/mol. The summed E-state index contributed by atoms with van der Waals surface area (Å²) < 4.78 is 5.08. The second-order valence-electron chi connectivity index (χ2n) is 4.93. The molecule has 3 aromatic rings. The van der Waals surface area contributed by atoms with Crippen LogP contribution in [0.4, 0.5) is 5.69 Å². The highest BCUT2D eigenvalue weighted by Gasteiger charge is 2.18. The Morgan fingerprint density at radius 2 is 1.96 bits per heavy atom. The van der Waals surface area contributed by atoms with Crippen LogP contribution in [0, 0.1) is 0 Å². The first-order valence-electron chi connectivity index (χ1n) is 7.30. The van der Waals surface area contributed by atoms with Crippen LogP contribution in [0.15, 0.2) is 53.5 Å². The zero-order valence-corrected chi connectivity index (χ0v) is 12.6. The van der Waals surface area contributed by atoms with Gasteiger partial charge >= 0.3 is 5.97 Å². The third-order valence-electron chi connectivity index (χ3n) is 3.43. The molecule has 0 aliphatic carbocycles. The standard InChI is InChI=1S/C18H16N2O3/c1-2-23-18(22)17-16(13-8-4-5-9-14(13)20-17)19-11-12-7-3-6-10-15(12)21/h3-11,20-21H,2H2,1H3. The molecule has 5 nitrogen and oxygen atoms in total. The van der Waals surface area contributed by atoms with Crippen molar-refractivity contribution in [2.75, 3.05) is 6.61 Å². The number of rotatable bonds is 4. The number of aromatic hydroxyl groups is 1. The Morgan fingerprint density at radius 1 is 1.22 bits per heavy atom. The third-order valence-corrected chi connectivity index (χ3v) is 3.43. The maximum absolute atomic E-state index is 12.1. The summed E-state index contributed by atoms with van der Waals surface area (Å²) >= 11 is 0. The molecule has 0 spiro atoms. The number of ether oxygens (including phenoxy) is 1. The van der Waals surface area contributed by atoms with Crippen molar-refractivity contribution < 1.29 is 14.6 Å². The minimum atomic E-state index is -0.451. The Hall–Kier alpha value is -3.08. The van der Waals surface area contributed by atoms with E-state index in [4.69, 9.17) is 4.74 Å². The van der Waals surface area contributed by atoms with Crippen molar-refractivity contribution in [1.29, 1.82) is 0 Å². The molecule has 0 atom stereocenters. The Kier molecular flexibility index (Phi) is 4.10. The first-order chi connectivity index (χ1) is 11.2. The number of H-pyrrole nitrogens is 1. The van der Waals surface area contributed by atoms with Gasteiger partial charge in [-0.25, -0.2) is 4.79 Å². The van der Waals surface area contributed by atoms with E-state index in [0.29, 0.717) is 16.9 Å². The summed E-state index contributed by atoms with van der Waals surface area (Å²) in [5.41, 5.74) is 2.19. The van der Waals surface area contributed by atoms with E-state index in [1.807, 2.05) is 30.3 Å². The van der Waals surface area contributed by atoms with Crippen LogP contribution in [0.1, 0.15) is 23.0 Å². The molecule has 0 fully saturated rings. The Labute approximate surface area is 133 Å². The number of carbonyl (C=O) groups excluding carboxylic acids is 1. The number of phenolic OH excluding ortho intramolecular Hbond substituents is 1. The molecule has 0 aliphatic heterocycles. The Morgan fingerprint density at radius 3 is 2.74 bits per heavy atom. The molecule has 2 aromatic carbocycles. The summed E-state index contributed by atoms with van der Waals surface area (Å²) in [4.78, 5) is 19.6. The Balaban J connectivity index is 2.09. The average Bonchev–Trinajstić information content (AvgIpc) is 2.93. The number of para-hydroxylation sites is 2. The van der Waals surface area contributed by atoms with Gasteiger partial charge < -0.3 is 14.8 Å². The van der Waals surface area contributed by atoms with Crippen LogP contribution < -0.4 is 0 Å². The van der Waals surface area contributed by atoms with Gasteiger partial charge in [0.25, 0.3) is 0 Å². The molecule has 0 unspecified atom stereocenters. The monoisotopic (exact) mass is 308 g/mol. The van der Waals surface area contributed by atoms with Gasteiger partial charge in [0, 0.05) is 22.7 Å². The van der Waals surface area contributed by atoms with Crippen molar-refractivity contribution >= 4 is 28.8 Å². The highest BCUT2D eigenvalue weighted by atomic mass is 16.5. The number of hydrogen-bond acceptors (Lipinski definition) is 4. The molecule has 0 radical (unpaired) electrons. The number of phenols is 1. The van der Waals surface area contributed by atoms with Crippen molar-refractivity contribution in [2.45, 2.75) is 6.92 Å². The van der Waals surface area contributed by atoms with Crippen molar-refractivity contribution in [1.82, 2.24) is 4.98 Å². The highest BCUT2D eigenvalue weighted by molar-refractivity contribution is 6.06. The summed E-state index contributed by atoms with van der Waals surface area (Å²) in [6.07, 6.45) is 1.54. The number of nitrogens with zero attached hydrogens (tertiary/aromatic N) is 1. The molecule has 0 bridgehead atoms. The topological polar surface area (TPSA) is 74.7 Å². The fourth-order valence-electron chi connectivity index (χ4n) is 2.34. The fourth-order valence-corrected chi connectivity index (χ4v) is 2.34. The second kappa shape index (κ2) is 6.36. The van der Waals surface area contributed by atoms with Gasteiger partial charge in [0.15, 0.2) is 5.69 Å². The van der Waals surface area contributed by atoms with Gasteiger partial charge in [-0.2, -0.15) is 0 Å². The van der Waals surface area contributed by atoms with Crippen molar-refractivity contribution in [2.24, 2.45) is 4.99 Å². The second-order valence-corrected chi connectivity index (χ2v) is 4.93. The predicted molar refractivity (Wildman–Crippen MR) is 89.6 cm³/mol. The van der Waals surface area contributed by atoms with E-state index in [0.717, 1.165) is 10.9 Å². The van der Waals surface area contributed by atoms with E-state index >= 15 is 0 Å². The van der Waals surface area contributed by atoms with Gasteiger partial charge in [-0.15, -0.1) is 0 Å². The lowest BCUT2D eigenvalue weighted by Crippen LogP contribution is -2.05. The van der Waals surface area contributed by atoms with E-state index in [1.54, 1.807) is 25.1 Å². The molecule has 116 valence electrons. The molecule has 0 amide bonds. The van der Waals surface area contributed by atoms with Crippen LogP contribution in [0.2, 0.25) is 0 Å². The number of hydrogen-bond donors (Lipinski definition) is 2. The number of esters is 1. The summed E-state index contributed by atoms with van der Waals surface area (Å²) in [7, 11) is 0. The first kappa shape index (κ1) is 14.8. The first-order valence-corrected chi connectivity index (χ1v) is 7.30. The lowest BCUT2D eigenvalue weighted by molar-refractivity contribution is 0.0521. The molecule has 0 aliphatic rings. The van der Waals surface area contributed by atoms with E-state index in [-0.39, 0.29) is 12.4 Å². The van der Waals surface area contributed by atoms with Crippen LogP contribution >= 0.6 is 0 Å². The van der Waals surface area contributed by atoms with Gasteiger partial charge in [0.2, 0.25) is 0 Å². The lowest BCUT2D eigenvalue weighted by Gasteiger charge is -2.01. The van der Waals surface area contributed by atoms with E-state index in [9.17, 15) is 9.90 Å². The quantitative estimate of drug-likeness (QED) is 0.568.